The van der Waals surface area contributed by atoms with Gasteiger partial charge in [0.2, 0.25) is 5.28 Å². The number of halogens is 2. The average Bonchev–Trinajstić information content (AvgIpc) is 2.84. The fourth-order valence-electron chi connectivity index (χ4n) is 1.91. The number of hydrogen-bond donors (Lipinski definition) is 0. The zero-order valence-corrected chi connectivity index (χ0v) is 12.4. The van der Waals surface area contributed by atoms with Crippen LogP contribution in [0, 0.1) is 0 Å². The van der Waals surface area contributed by atoms with Crippen molar-refractivity contribution >= 4 is 44.6 Å². The van der Waals surface area contributed by atoms with Gasteiger partial charge >= 0.3 is 10.2 Å². The maximum Gasteiger partial charge on any atom is 0.309 e. The predicted octanol–water partition coefficient (Wildman–Crippen LogP) is 0.558. The molecule has 3 rings (SSSR count). The summed E-state index contributed by atoms with van der Waals surface area (Å²) in [6, 6.07) is 0. The highest BCUT2D eigenvalue weighted by Crippen LogP contribution is 2.24. The first-order chi connectivity index (χ1) is 9.50. The summed E-state index contributed by atoms with van der Waals surface area (Å²) in [5, 5.41) is -0.147. The third-order valence-corrected chi connectivity index (χ3v) is 5.07. The number of imidazole rings is 1. The lowest BCUT2D eigenvalue weighted by Gasteiger charge is -2.26. The highest BCUT2D eigenvalue weighted by Gasteiger charge is 2.29. The molecule has 20 heavy (non-hydrogen) atoms. The maximum absolute atomic E-state index is 12.5. The summed E-state index contributed by atoms with van der Waals surface area (Å²) in [6.07, 6.45) is 1.15. The molecule has 0 bridgehead atoms. The van der Waals surface area contributed by atoms with Crippen LogP contribution in [0.3, 0.4) is 0 Å². The molecule has 1 aliphatic heterocycles. The summed E-state index contributed by atoms with van der Waals surface area (Å²) >= 11 is 11.6. The molecule has 0 N–H and O–H groups in total. The molecule has 0 aliphatic carbocycles. The first kappa shape index (κ1) is 14.0. The summed E-state index contributed by atoms with van der Waals surface area (Å²) in [5.41, 5.74) is 0.245. The van der Waals surface area contributed by atoms with Crippen LogP contribution in [0.2, 0.25) is 10.4 Å². The monoisotopic (exact) mass is 337 g/mol. The lowest BCUT2D eigenvalue weighted by Crippen LogP contribution is -2.43. The van der Waals surface area contributed by atoms with Gasteiger partial charge in [0.05, 0.1) is 13.2 Å². The van der Waals surface area contributed by atoms with Crippen LogP contribution in [0.15, 0.2) is 6.33 Å². The van der Waals surface area contributed by atoms with Crippen LogP contribution in [0.5, 0.6) is 0 Å². The van der Waals surface area contributed by atoms with E-state index >= 15 is 0 Å². The summed E-state index contributed by atoms with van der Waals surface area (Å²) in [5.74, 6) is 0. The molecule has 0 spiro atoms. The van der Waals surface area contributed by atoms with E-state index in [1.54, 1.807) is 0 Å². The molecule has 3 heterocycles. The van der Waals surface area contributed by atoms with Gasteiger partial charge in [-0.2, -0.15) is 17.7 Å². The molecule has 2 aromatic heterocycles. The van der Waals surface area contributed by atoms with Crippen LogP contribution in [0.4, 0.5) is 0 Å². The normalized spacial score (nSPS) is 17.7. The maximum atomic E-state index is 12.5. The third kappa shape index (κ3) is 2.25. The Balaban J connectivity index is 2.14. The Morgan fingerprint density at radius 3 is 2.60 bits per heavy atom. The number of morpholine rings is 1. The van der Waals surface area contributed by atoms with Gasteiger partial charge in [-0.25, -0.2) is 13.9 Å². The molecule has 8 nitrogen and oxygen atoms in total. The zero-order chi connectivity index (χ0) is 14.3. The molecule has 0 radical (unpaired) electrons. The van der Waals surface area contributed by atoms with Crippen molar-refractivity contribution in [2.45, 2.75) is 0 Å². The van der Waals surface area contributed by atoms with Crippen molar-refractivity contribution in [3.8, 4) is 0 Å². The van der Waals surface area contributed by atoms with Crippen molar-refractivity contribution in [1.29, 1.82) is 0 Å². The lowest BCUT2D eigenvalue weighted by molar-refractivity contribution is 0.0726. The highest BCUT2D eigenvalue weighted by atomic mass is 35.5. The van der Waals surface area contributed by atoms with E-state index in [2.05, 4.69) is 15.0 Å². The fraction of sp³-hybridized carbons (Fsp3) is 0.444. The fourth-order valence-corrected chi connectivity index (χ4v) is 3.85. The van der Waals surface area contributed by atoms with Gasteiger partial charge in [-0.3, -0.25) is 0 Å². The first-order valence-electron chi connectivity index (χ1n) is 5.64. The van der Waals surface area contributed by atoms with Gasteiger partial charge in [0.15, 0.2) is 10.8 Å². The summed E-state index contributed by atoms with van der Waals surface area (Å²) in [7, 11) is -3.78. The van der Waals surface area contributed by atoms with Crippen LogP contribution < -0.4 is 0 Å². The van der Waals surface area contributed by atoms with E-state index in [-0.39, 0.29) is 34.7 Å². The van der Waals surface area contributed by atoms with Crippen molar-refractivity contribution < 1.29 is 13.2 Å². The number of fused-ring (bicyclic) bond motifs is 1. The van der Waals surface area contributed by atoms with E-state index in [1.807, 2.05) is 0 Å². The molecule has 1 saturated heterocycles. The largest absolute Gasteiger partial charge is 0.379 e. The molecular formula is C9H9Cl2N5O3S. The Bertz CT molecular complexity index is 756. The molecule has 1 aliphatic rings. The number of aromatic nitrogens is 4. The lowest BCUT2D eigenvalue weighted by atomic mass is 10.5. The van der Waals surface area contributed by atoms with E-state index in [4.69, 9.17) is 27.9 Å². The second kappa shape index (κ2) is 5.08. The SMILES string of the molecule is O=S(=O)(N1CCOCC1)n1cnc2nc(Cl)nc(Cl)c21. The van der Waals surface area contributed by atoms with Gasteiger partial charge in [-0.05, 0) is 11.6 Å². The molecule has 0 unspecified atom stereocenters. The van der Waals surface area contributed by atoms with Crippen LogP contribution in [0.1, 0.15) is 0 Å². The number of ether oxygens (including phenoxy) is 1. The van der Waals surface area contributed by atoms with E-state index in [0.29, 0.717) is 13.2 Å². The Labute approximate surface area is 124 Å². The van der Waals surface area contributed by atoms with Gasteiger partial charge in [-0.1, -0.05) is 11.6 Å². The molecule has 0 aromatic carbocycles. The minimum atomic E-state index is -3.78. The Morgan fingerprint density at radius 1 is 1.20 bits per heavy atom. The van der Waals surface area contributed by atoms with E-state index in [1.165, 1.54) is 4.31 Å². The molecule has 11 heteroatoms. The van der Waals surface area contributed by atoms with Crippen LogP contribution in [-0.2, 0) is 14.9 Å². The van der Waals surface area contributed by atoms with E-state index in [9.17, 15) is 8.42 Å². The highest BCUT2D eigenvalue weighted by molar-refractivity contribution is 7.87. The van der Waals surface area contributed by atoms with Gasteiger partial charge in [0.1, 0.15) is 11.8 Å². The second-order valence-corrected chi connectivity index (χ2v) is 6.52. The van der Waals surface area contributed by atoms with Gasteiger partial charge in [-0.15, -0.1) is 0 Å². The first-order valence-corrected chi connectivity index (χ1v) is 7.80. The molecule has 108 valence electrons. The quantitative estimate of drug-likeness (QED) is 0.587. The summed E-state index contributed by atoms with van der Waals surface area (Å²) in [6.45, 7) is 1.24. The van der Waals surface area contributed by atoms with Gasteiger partial charge in [0.25, 0.3) is 0 Å². The molecule has 2 aromatic rings. The number of nitrogens with zero attached hydrogens (tertiary/aromatic N) is 5. The smallest absolute Gasteiger partial charge is 0.309 e. The summed E-state index contributed by atoms with van der Waals surface area (Å²) < 4.78 is 32.5. The van der Waals surface area contributed by atoms with Crippen molar-refractivity contribution in [2.24, 2.45) is 0 Å². The number of rotatable bonds is 2. The average molecular weight is 338 g/mol. The van der Waals surface area contributed by atoms with Crippen molar-refractivity contribution in [3.05, 3.63) is 16.8 Å². The minimum absolute atomic E-state index is 0.0608. The predicted molar refractivity (Wildman–Crippen MR) is 72.1 cm³/mol. The molecule has 0 amide bonds. The van der Waals surface area contributed by atoms with Gasteiger partial charge in [0, 0.05) is 13.1 Å². The van der Waals surface area contributed by atoms with Crippen molar-refractivity contribution in [2.75, 3.05) is 26.3 Å². The topological polar surface area (TPSA) is 90.2 Å². The van der Waals surface area contributed by atoms with Crippen LogP contribution in [-0.4, -0.2) is 58.0 Å². The zero-order valence-electron chi connectivity index (χ0n) is 10.0. The molecule has 0 saturated carbocycles. The van der Waals surface area contributed by atoms with Crippen LogP contribution >= 0.6 is 23.2 Å². The molecular weight excluding hydrogens is 329 g/mol. The van der Waals surface area contributed by atoms with Crippen molar-refractivity contribution in [3.63, 3.8) is 0 Å². The third-order valence-electron chi connectivity index (χ3n) is 2.85. The second-order valence-electron chi connectivity index (χ2n) is 4.02. The van der Waals surface area contributed by atoms with E-state index < -0.39 is 10.2 Å². The summed E-state index contributed by atoms with van der Waals surface area (Å²) in [4.78, 5) is 11.5. The Kier molecular flexibility index (Phi) is 3.55. The Morgan fingerprint density at radius 2 is 1.90 bits per heavy atom. The van der Waals surface area contributed by atoms with Gasteiger partial charge < -0.3 is 4.74 Å². The number of hydrogen-bond acceptors (Lipinski definition) is 6. The minimum Gasteiger partial charge on any atom is -0.379 e. The standard InChI is InChI=1S/C9H9Cl2N5O3S/c10-7-6-8(14-9(11)13-7)12-5-16(6)20(17,18)15-1-3-19-4-2-15/h5H,1-4H2. The Hall–Kier alpha value is -1.00. The molecule has 0 atom stereocenters. The molecule has 1 fully saturated rings. The van der Waals surface area contributed by atoms with Crippen molar-refractivity contribution in [1.82, 2.24) is 23.2 Å². The van der Waals surface area contributed by atoms with Crippen LogP contribution in [0.25, 0.3) is 11.2 Å². The van der Waals surface area contributed by atoms with E-state index in [0.717, 1.165) is 10.3 Å².